The van der Waals surface area contributed by atoms with E-state index in [0.29, 0.717) is 6.42 Å². The van der Waals surface area contributed by atoms with E-state index in [1.165, 1.54) is 0 Å². The lowest BCUT2D eigenvalue weighted by Crippen LogP contribution is -2.67. The summed E-state index contributed by atoms with van der Waals surface area (Å²) < 4.78 is 75.1. The molecule has 0 aromatic carbocycles. The Bertz CT molecular complexity index is 2580. The van der Waals surface area contributed by atoms with Crippen molar-refractivity contribution in [3.63, 3.8) is 0 Å². The summed E-state index contributed by atoms with van der Waals surface area (Å²) in [6.45, 7) is -1.72. The summed E-state index contributed by atoms with van der Waals surface area (Å²) in [5, 5.41) is 194. The van der Waals surface area contributed by atoms with Gasteiger partial charge in [-0.1, -0.05) is 0 Å². The largest absolute Gasteiger partial charge is 0.479 e. The van der Waals surface area contributed by atoms with E-state index in [0.717, 1.165) is 6.92 Å². The number of esters is 3. The van der Waals surface area contributed by atoms with Gasteiger partial charge in [0.25, 0.3) is 0 Å². The highest BCUT2D eigenvalue weighted by atomic mass is 16.8. The number of carboxylic acids is 1. The van der Waals surface area contributed by atoms with E-state index < -0.39 is 288 Å². The summed E-state index contributed by atoms with van der Waals surface area (Å²) in [5.41, 5.74) is 0. The minimum absolute atomic E-state index is 0.0465. The Morgan fingerprint density at radius 1 is 0.505 bits per heavy atom. The molecule has 0 radical (unpaired) electrons. The van der Waals surface area contributed by atoms with Crippen LogP contribution in [0, 0.1) is 23.7 Å². The lowest BCUT2D eigenvalue weighted by atomic mass is 9.72. The lowest BCUT2D eigenvalue weighted by molar-refractivity contribution is -0.375. The third-order valence-electron chi connectivity index (χ3n) is 20.4. The van der Waals surface area contributed by atoms with Crippen molar-refractivity contribution >= 4 is 29.7 Å². The molecule has 19 N–H and O–H groups in total. The smallest absolute Gasteiger partial charge is 0.335 e. The molecule has 36 nitrogen and oxygen atoms in total. The quantitative estimate of drug-likeness (QED) is 0.0247. The van der Waals surface area contributed by atoms with Crippen LogP contribution < -0.4 is 0 Å². The van der Waals surface area contributed by atoms with Gasteiger partial charge in [-0.25, -0.2) is 4.79 Å². The second-order valence-electron chi connectivity index (χ2n) is 26.8. The monoisotopic (exact) mass is 1380 g/mol. The number of fused-ring (bicyclic) bond motifs is 2. The van der Waals surface area contributed by atoms with Gasteiger partial charge < -0.3 is 153 Å². The standard InChI is InChI=1S/C59H90O36/c1-18(62)84-50-40(73)34(91-57(47(50)80)88-31-13-24-26(66)9-22(64)10-29(24)86-48(31)20-4-7-25(65)27(67)8-20)17-83-35(69)14-36(70)92-53-45(78)44(77)52(55(81)82)94-58(53)85-23-11-28(68)37-30(12-23)87-49(19-2-5-21(63)6-3-19)51(41(37)74)93-59-54(43(76)39(72)33(16-61)90-59)95-56-46(79)42(75)38(71)32(15-60)89-56/h19-34,37-40,42-54,56-61,63-68,71-73,75-80H,2-17H2,1H3,(H,81,82)/p+1. The third kappa shape index (κ3) is 16.3. The molecule has 36 heteroatoms. The van der Waals surface area contributed by atoms with Crippen LogP contribution in [0.15, 0.2) is 0 Å². The van der Waals surface area contributed by atoms with Crippen molar-refractivity contribution < 1.29 is 177 Å². The van der Waals surface area contributed by atoms with Gasteiger partial charge in [-0.2, -0.15) is 0 Å². The number of ether oxygens (including phenoxy) is 13. The van der Waals surface area contributed by atoms with Crippen LogP contribution in [0.1, 0.15) is 90.4 Å². The molecule has 10 aliphatic rings. The number of carbonyl (C=O) groups is 5. The molecular formula is C59H91O36+. The highest BCUT2D eigenvalue weighted by Crippen LogP contribution is 2.46. The molecule has 542 valence electrons. The molecule has 95 heavy (non-hydrogen) atoms. The summed E-state index contributed by atoms with van der Waals surface area (Å²) in [7, 11) is 0. The Morgan fingerprint density at radius 3 is 1.80 bits per heavy atom. The summed E-state index contributed by atoms with van der Waals surface area (Å²) in [6, 6.07) is 0. The van der Waals surface area contributed by atoms with E-state index in [1.807, 2.05) is 0 Å². The first kappa shape index (κ1) is 74.2. The van der Waals surface area contributed by atoms with Gasteiger partial charge in [-0.15, -0.1) is 0 Å². The van der Waals surface area contributed by atoms with Crippen molar-refractivity contribution in [2.75, 3.05) is 19.8 Å². The Balaban J connectivity index is 0.809. The normalized spacial score (nSPS) is 49.7. The predicted molar refractivity (Wildman–Crippen MR) is 300 cm³/mol. The van der Waals surface area contributed by atoms with Crippen molar-refractivity contribution in [3.05, 3.63) is 0 Å². The summed E-state index contributed by atoms with van der Waals surface area (Å²) in [5.74, 6) is -9.46. The van der Waals surface area contributed by atoms with Crippen molar-refractivity contribution in [2.45, 2.75) is 293 Å². The van der Waals surface area contributed by atoms with Gasteiger partial charge in [0.1, 0.15) is 105 Å². The van der Waals surface area contributed by atoms with E-state index in [1.54, 1.807) is 0 Å². The second-order valence-corrected chi connectivity index (χ2v) is 26.8. The predicted octanol–water partition coefficient (Wildman–Crippen LogP) is -9.50. The lowest BCUT2D eigenvalue weighted by Gasteiger charge is -2.51. The van der Waals surface area contributed by atoms with E-state index in [2.05, 4.69) is 0 Å². The maximum Gasteiger partial charge on any atom is 0.335 e. The fourth-order valence-corrected chi connectivity index (χ4v) is 15.3. The Labute approximate surface area is 541 Å². The Hall–Kier alpha value is -3.53. The molecule has 4 saturated carbocycles. The first-order valence-corrected chi connectivity index (χ1v) is 32.4. The number of aliphatic hydroxyl groups excluding tert-OH is 17. The number of hydrogen-bond donors (Lipinski definition) is 18. The fraction of sp³-hybridized carbons (Fsp3) is 0.915. The Morgan fingerprint density at radius 2 is 1.14 bits per heavy atom. The van der Waals surface area contributed by atoms with Crippen molar-refractivity contribution in [3.8, 4) is 0 Å². The van der Waals surface area contributed by atoms with Crippen molar-refractivity contribution in [1.82, 2.24) is 0 Å². The van der Waals surface area contributed by atoms with Crippen LogP contribution in [0.3, 0.4) is 0 Å². The number of hydrogen-bond acceptors (Lipinski definition) is 34. The third-order valence-corrected chi connectivity index (χ3v) is 20.4. The van der Waals surface area contributed by atoms with E-state index in [4.69, 9.17) is 61.6 Å². The van der Waals surface area contributed by atoms with E-state index in [-0.39, 0.29) is 64.2 Å². The topological polar surface area (TPSA) is 573 Å². The van der Waals surface area contributed by atoms with Gasteiger partial charge in [-0.05, 0) is 57.3 Å². The molecule has 10 fully saturated rings. The molecule has 0 amide bonds. The number of ketones is 1. The molecule has 0 aromatic rings. The average molecular weight is 1380 g/mol. The highest BCUT2D eigenvalue weighted by molar-refractivity contribution is 5.91. The zero-order chi connectivity index (χ0) is 68.8. The van der Waals surface area contributed by atoms with Crippen LogP contribution in [0.5, 0.6) is 0 Å². The molecule has 6 aliphatic heterocycles. The summed E-state index contributed by atoms with van der Waals surface area (Å²) >= 11 is 0. The van der Waals surface area contributed by atoms with Crippen molar-refractivity contribution in [1.29, 1.82) is 0 Å². The van der Waals surface area contributed by atoms with Crippen LogP contribution in [-0.2, 0) is 80.8 Å². The van der Waals surface area contributed by atoms with Gasteiger partial charge in [-0.3, -0.25) is 19.2 Å². The minimum Gasteiger partial charge on any atom is -0.479 e. The van der Waals surface area contributed by atoms with Crippen LogP contribution in [-0.4, -0.2) is 348 Å². The molecular weight excluding hydrogens is 1280 g/mol. The van der Waals surface area contributed by atoms with Gasteiger partial charge in [0.05, 0.1) is 80.0 Å². The van der Waals surface area contributed by atoms with Crippen LogP contribution in [0.25, 0.3) is 0 Å². The van der Waals surface area contributed by atoms with E-state index >= 15 is 0 Å². The molecule has 10 rings (SSSR count). The number of aliphatic carboxylic acids is 1. The molecule has 0 spiro atoms. The number of carbonyl (C=O) groups excluding carboxylic acids is 4. The van der Waals surface area contributed by atoms with Gasteiger partial charge in [0.2, 0.25) is 0 Å². The fourth-order valence-electron chi connectivity index (χ4n) is 15.3. The number of rotatable bonds is 19. The first-order chi connectivity index (χ1) is 45.0. The van der Waals surface area contributed by atoms with E-state index in [9.17, 15) is 116 Å². The van der Waals surface area contributed by atoms with Gasteiger partial charge in [0, 0.05) is 38.5 Å². The Kier molecular flexibility index (Phi) is 24.6. The zero-order valence-electron chi connectivity index (χ0n) is 51.6. The van der Waals surface area contributed by atoms with Crippen LogP contribution in [0.2, 0.25) is 0 Å². The molecule has 35 unspecified atom stereocenters. The zero-order valence-corrected chi connectivity index (χ0v) is 51.6. The molecule has 0 bridgehead atoms. The number of aliphatic hydroxyl groups is 19. The maximum absolute atomic E-state index is 15.0. The van der Waals surface area contributed by atoms with Crippen LogP contribution >= 0.6 is 0 Å². The maximum atomic E-state index is 15.0. The molecule has 0 aromatic heterocycles. The molecule has 4 aliphatic carbocycles. The van der Waals surface area contributed by atoms with Gasteiger partial charge >= 0.3 is 23.9 Å². The van der Waals surface area contributed by atoms with Gasteiger partial charge in [0.15, 0.2) is 61.5 Å². The van der Waals surface area contributed by atoms with Crippen molar-refractivity contribution in [2.24, 2.45) is 23.7 Å². The average Bonchev–Trinajstić information content (AvgIpc) is 0.764. The molecule has 35 atom stereocenters. The first-order valence-electron chi connectivity index (χ1n) is 32.4. The number of carboxylic acid groups (broad SMARTS) is 1. The van der Waals surface area contributed by atoms with Crippen LogP contribution in [0.4, 0.5) is 0 Å². The molecule has 6 heterocycles. The molecule has 6 saturated heterocycles. The number of Topliss-reactive ketones (excluding diaryl/α,β-unsaturated/α-hetero) is 1. The summed E-state index contributed by atoms with van der Waals surface area (Å²) in [4.78, 5) is 66.8. The minimum atomic E-state index is -2.31. The highest BCUT2D eigenvalue weighted by Gasteiger charge is 2.61. The SMILES string of the molecule is CC(=O)OC1C(O)C(COC(=O)CC(=O)OC2C(OC3CC(O)C4C(=O)C(OC5OC(CO)C(O)C(O)C5OC5OC(CO)C(O)C(O)C5O)C(C5CCC(O)CC5)OC4C3)OC(C(=O)O)C(O)C2O)OC(OC2CC3C(O)CC(O)CC3[OH+]C2C2CCC(O)C(O)C2)C1O. The second kappa shape index (κ2) is 31.6. The summed E-state index contributed by atoms with van der Waals surface area (Å²) in [6.07, 6.45) is -53.2.